The van der Waals surface area contributed by atoms with Gasteiger partial charge >= 0.3 is 5.97 Å². The third kappa shape index (κ3) is 7.84. The highest BCUT2D eigenvalue weighted by atomic mass is 32.2. The second-order valence-corrected chi connectivity index (χ2v) is 10.5. The fourth-order valence-corrected chi connectivity index (χ4v) is 5.34. The zero-order chi connectivity index (χ0) is 27.9. The molecule has 1 saturated heterocycles. The fourth-order valence-electron chi connectivity index (χ4n) is 4.08. The number of hydrogen-bond donors (Lipinski definition) is 4. The number of primary amides is 1. The van der Waals surface area contributed by atoms with Gasteiger partial charge in [0.1, 0.15) is 25.3 Å². The van der Waals surface area contributed by atoms with E-state index in [2.05, 4.69) is 15.0 Å². The molecule has 14 nitrogen and oxygen atoms in total. The molecule has 3 amide bonds. The predicted octanol–water partition coefficient (Wildman–Crippen LogP) is -1.63. The van der Waals surface area contributed by atoms with Gasteiger partial charge < -0.3 is 30.4 Å². The van der Waals surface area contributed by atoms with Crippen molar-refractivity contribution in [3.63, 3.8) is 0 Å². The van der Waals surface area contributed by atoms with Gasteiger partial charge in [0.05, 0.1) is 6.33 Å². The number of aliphatic carboxylic acids is 1. The molecule has 1 aliphatic rings. The van der Waals surface area contributed by atoms with Crippen molar-refractivity contribution >= 4 is 33.7 Å². The summed E-state index contributed by atoms with van der Waals surface area (Å²) < 4.78 is 34.4. The summed E-state index contributed by atoms with van der Waals surface area (Å²) in [6.45, 7) is -1.32. The average molecular weight is 551 g/mol. The van der Waals surface area contributed by atoms with Gasteiger partial charge in [0.2, 0.25) is 17.7 Å². The van der Waals surface area contributed by atoms with E-state index in [1.54, 1.807) is 37.4 Å². The Kier molecular flexibility index (Phi) is 9.55. The summed E-state index contributed by atoms with van der Waals surface area (Å²) in [7, 11) is -2.39. The number of nitrogens with two attached hydrogens (primary N) is 1. The van der Waals surface area contributed by atoms with Gasteiger partial charge in [-0.2, -0.15) is 0 Å². The van der Waals surface area contributed by atoms with Gasteiger partial charge in [0.25, 0.3) is 10.0 Å². The van der Waals surface area contributed by atoms with Crippen molar-refractivity contribution < 1.29 is 37.4 Å². The number of carbonyl (C=O) groups is 4. The Balaban J connectivity index is 1.77. The SMILES string of the molecule is Cn1cnc(S(=O)(=O)NC2CCN(C(=O)COCC(=O)O)C(C(=O)NC(Cc3ccccc3)C(N)=O)C2)c1. The lowest BCUT2D eigenvalue weighted by molar-refractivity contribution is -0.150. The summed E-state index contributed by atoms with van der Waals surface area (Å²) in [6, 6.07) is 5.86. The molecule has 38 heavy (non-hydrogen) atoms. The van der Waals surface area contributed by atoms with Crippen LogP contribution in [0.3, 0.4) is 0 Å². The number of carboxylic acids is 1. The first-order valence-electron chi connectivity index (χ1n) is 11.7. The molecule has 0 spiro atoms. The van der Waals surface area contributed by atoms with Gasteiger partial charge in [0, 0.05) is 32.3 Å². The number of aryl methyl sites for hydroxylation is 1. The van der Waals surface area contributed by atoms with Crippen LogP contribution in [0, 0.1) is 0 Å². The number of rotatable bonds is 12. The smallest absolute Gasteiger partial charge is 0.329 e. The van der Waals surface area contributed by atoms with E-state index in [1.165, 1.54) is 22.0 Å². The van der Waals surface area contributed by atoms with Crippen molar-refractivity contribution in [2.24, 2.45) is 12.8 Å². The summed E-state index contributed by atoms with van der Waals surface area (Å²) in [5.41, 5.74) is 6.26. The van der Waals surface area contributed by atoms with Crippen molar-refractivity contribution in [3.05, 3.63) is 48.4 Å². The fraction of sp³-hybridized carbons (Fsp3) is 0.435. The van der Waals surface area contributed by atoms with Crippen LogP contribution in [0.15, 0.2) is 47.9 Å². The van der Waals surface area contributed by atoms with E-state index in [9.17, 15) is 27.6 Å². The molecule has 0 saturated carbocycles. The highest BCUT2D eigenvalue weighted by Gasteiger charge is 2.39. The van der Waals surface area contributed by atoms with E-state index in [-0.39, 0.29) is 30.8 Å². The third-order valence-corrected chi connectivity index (χ3v) is 7.30. The van der Waals surface area contributed by atoms with Crippen LogP contribution in [0.25, 0.3) is 0 Å². The van der Waals surface area contributed by atoms with Crippen LogP contribution in [0.2, 0.25) is 0 Å². The number of imidazole rings is 1. The van der Waals surface area contributed by atoms with Crippen molar-refractivity contribution in [2.45, 2.75) is 42.4 Å². The number of amides is 3. The van der Waals surface area contributed by atoms with E-state index >= 15 is 0 Å². The van der Waals surface area contributed by atoms with Gasteiger partial charge in [-0.05, 0) is 18.4 Å². The number of nitrogens with one attached hydrogen (secondary N) is 2. The van der Waals surface area contributed by atoms with Gasteiger partial charge in [0.15, 0.2) is 5.03 Å². The lowest BCUT2D eigenvalue weighted by atomic mass is 9.96. The predicted molar refractivity (Wildman–Crippen MR) is 132 cm³/mol. The molecule has 2 aromatic rings. The number of carboxylic acid groups (broad SMARTS) is 1. The zero-order valence-electron chi connectivity index (χ0n) is 20.6. The highest BCUT2D eigenvalue weighted by molar-refractivity contribution is 7.89. The summed E-state index contributed by atoms with van der Waals surface area (Å²) in [5, 5.41) is 11.1. The van der Waals surface area contributed by atoms with Crippen LogP contribution in [-0.4, -0.2) is 89.6 Å². The Morgan fingerprint density at radius 2 is 1.92 bits per heavy atom. The van der Waals surface area contributed by atoms with E-state index in [4.69, 9.17) is 15.6 Å². The second kappa shape index (κ2) is 12.6. The molecule has 15 heteroatoms. The Labute approximate surface area is 219 Å². The van der Waals surface area contributed by atoms with Crippen molar-refractivity contribution in [2.75, 3.05) is 19.8 Å². The number of carbonyl (C=O) groups excluding carboxylic acids is 3. The Morgan fingerprint density at radius 3 is 2.53 bits per heavy atom. The molecule has 1 aliphatic heterocycles. The number of ether oxygens (including phenoxy) is 1. The van der Waals surface area contributed by atoms with Crippen LogP contribution >= 0.6 is 0 Å². The summed E-state index contributed by atoms with van der Waals surface area (Å²) in [4.78, 5) is 54.0. The van der Waals surface area contributed by atoms with Gasteiger partial charge in [-0.25, -0.2) is 22.9 Å². The Morgan fingerprint density at radius 1 is 1.21 bits per heavy atom. The number of hydrogen-bond acceptors (Lipinski definition) is 8. The Hall–Kier alpha value is -3.82. The second-order valence-electron chi connectivity index (χ2n) is 8.86. The number of benzene rings is 1. The van der Waals surface area contributed by atoms with Crippen molar-refractivity contribution in [1.82, 2.24) is 24.5 Å². The first kappa shape index (κ1) is 28.7. The monoisotopic (exact) mass is 550 g/mol. The van der Waals surface area contributed by atoms with Gasteiger partial charge in [-0.15, -0.1) is 0 Å². The van der Waals surface area contributed by atoms with E-state index in [1.807, 2.05) is 0 Å². The number of nitrogens with zero attached hydrogens (tertiary/aromatic N) is 3. The minimum absolute atomic E-state index is 0.0251. The summed E-state index contributed by atoms with van der Waals surface area (Å²) in [6.07, 6.45) is 2.83. The van der Waals surface area contributed by atoms with E-state index in [0.717, 1.165) is 5.56 Å². The molecular weight excluding hydrogens is 520 g/mol. The molecule has 3 unspecified atom stereocenters. The van der Waals surface area contributed by atoms with Crippen LogP contribution < -0.4 is 15.8 Å². The first-order chi connectivity index (χ1) is 18.0. The topological polar surface area (TPSA) is 203 Å². The van der Waals surface area contributed by atoms with E-state index < -0.39 is 65.1 Å². The minimum atomic E-state index is -4.01. The van der Waals surface area contributed by atoms with Crippen LogP contribution in [0.4, 0.5) is 0 Å². The number of likely N-dealkylation sites (tertiary alicyclic amines) is 1. The normalized spacial score (nSPS) is 18.5. The molecular formula is C23H30N6O8S. The average Bonchev–Trinajstić information content (AvgIpc) is 3.31. The zero-order valence-corrected chi connectivity index (χ0v) is 21.5. The molecule has 206 valence electrons. The maximum absolute atomic E-state index is 13.3. The minimum Gasteiger partial charge on any atom is -0.480 e. The van der Waals surface area contributed by atoms with Crippen LogP contribution in [0.1, 0.15) is 18.4 Å². The van der Waals surface area contributed by atoms with Crippen LogP contribution in [-0.2, 0) is 47.4 Å². The van der Waals surface area contributed by atoms with Crippen LogP contribution in [0.5, 0.6) is 0 Å². The molecule has 0 bridgehead atoms. The summed E-state index contributed by atoms with van der Waals surface area (Å²) >= 11 is 0. The quantitative estimate of drug-likeness (QED) is 0.239. The first-order valence-corrected chi connectivity index (χ1v) is 13.2. The molecule has 1 aromatic heterocycles. The highest BCUT2D eigenvalue weighted by Crippen LogP contribution is 2.21. The molecule has 1 fully saturated rings. The lowest BCUT2D eigenvalue weighted by Gasteiger charge is -2.39. The molecule has 2 heterocycles. The van der Waals surface area contributed by atoms with Gasteiger partial charge in [-0.3, -0.25) is 14.4 Å². The molecule has 0 radical (unpaired) electrons. The van der Waals surface area contributed by atoms with Gasteiger partial charge in [-0.1, -0.05) is 30.3 Å². The molecule has 1 aromatic carbocycles. The Bertz CT molecular complexity index is 1270. The molecule has 0 aliphatic carbocycles. The number of sulfonamides is 1. The molecule has 3 rings (SSSR count). The third-order valence-electron chi connectivity index (χ3n) is 5.90. The molecule has 3 atom stereocenters. The maximum atomic E-state index is 13.3. The van der Waals surface area contributed by atoms with Crippen molar-refractivity contribution in [1.29, 1.82) is 0 Å². The van der Waals surface area contributed by atoms with Crippen molar-refractivity contribution in [3.8, 4) is 0 Å². The van der Waals surface area contributed by atoms with E-state index in [0.29, 0.717) is 0 Å². The standard InChI is InChI=1S/C23H30N6O8S/c1-28-11-19(25-14-28)38(35,36)27-16-7-8-29(20(30)12-37-13-21(31)32)18(10-16)23(34)26-17(22(24)33)9-15-5-3-2-4-6-15/h2-6,11,14,16-18,27H,7-10,12-13H2,1H3,(H2,24,33)(H,26,34)(H,31,32). The maximum Gasteiger partial charge on any atom is 0.329 e. The summed E-state index contributed by atoms with van der Waals surface area (Å²) in [5.74, 6) is -3.41. The molecule has 5 N–H and O–H groups in total. The number of aromatic nitrogens is 2. The number of piperidine rings is 1. The largest absolute Gasteiger partial charge is 0.480 e. The lowest BCUT2D eigenvalue weighted by Crippen LogP contribution is -2.60.